The first kappa shape index (κ1) is 18.7. The predicted octanol–water partition coefficient (Wildman–Crippen LogP) is 1.61. The molecule has 13 heteroatoms. The second kappa shape index (κ2) is 6.04. The molecule has 2 rings (SSSR count). The van der Waals surface area contributed by atoms with Gasteiger partial charge < -0.3 is 0 Å². The summed E-state index contributed by atoms with van der Waals surface area (Å²) < 4.78 is 24.8. The van der Waals surface area contributed by atoms with Crippen molar-refractivity contribution in [1.29, 1.82) is 0 Å². The van der Waals surface area contributed by atoms with Crippen molar-refractivity contribution in [2.24, 2.45) is 0 Å². The largest absolute Gasteiger partial charge is 0.495 e. The third-order valence-corrected chi connectivity index (χ3v) is 6.18. The monoisotopic (exact) mass is 391 g/mol. The second-order valence-corrected chi connectivity index (χ2v) is 7.71. The fourth-order valence-corrected chi connectivity index (χ4v) is 5.15. The van der Waals surface area contributed by atoms with Crippen LogP contribution in [0.4, 0.5) is 0 Å². The molecule has 0 saturated carbocycles. The maximum Gasteiger partial charge on any atom is 0.495 e. The van der Waals surface area contributed by atoms with Gasteiger partial charge in [0.25, 0.3) is 6.04 Å². The van der Waals surface area contributed by atoms with Gasteiger partial charge in [-0.15, -0.1) is 0 Å². The van der Waals surface area contributed by atoms with Crippen molar-refractivity contribution in [1.82, 2.24) is 0 Å². The molecule has 1 atom stereocenters. The summed E-state index contributed by atoms with van der Waals surface area (Å²) >= 11 is 5.69. The minimum Gasteiger partial charge on any atom is -0.263 e. The van der Waals surface area contributed by atoms with Crippen molar-refractivity contribution in [3.8, 4) is 0 Å². The fraction of sp³-hybridized carbons (Fsp3) is 0.333. The average molecular weight is 392 g/mol. The zero-order valence-corrected chi connectivity index (χ0v) is 14.1. The quantitative estimate of drug-likeness (QED) is 0.414. The summed E-state index contributed by atoms with van der Waals surface area (Å²) in [5.41, 5.74) is -4.04. The predicted molar refractivity (Wildman–Crippen MR) is 84.4 cm³/mol. The molecule has 0 radical (unpaired) electrons. The molecule has 1 aromatic carbocycles. The van der Waals surface area contributed by atoms with E-state index < -0.39 is 52.5 Å². The average Bonchev–Trinajstić information content (AvgIpc) is 2.70. The van der Waals surface area contributed by atoms with Crippen molar-refractivity contribution >= 4 is 21.4 Å². The van der Waals surface area contributed by atoms with Gasteiger partial charge in [-0.2, -0.15) is 0 Å². The van der Waals surface area contributed by atoms with Crippen LogP contribution in [0.1, 0.15) is 18.5 Å². The normalized spacial score (nSPS) is 19.4. The SMILES string of the molecule is CC1=C(C(c2ccc(Cl)cc2)[N+](=O)[O-])S(=O)(=O)CC1([N+](=O)[O-])[N+](=O)[O-]. The van der Waals surface area contributed by atoms with Crippen LogP contribution < -0.4 is 0 Å². The van der Waals surface area contributed by atoms with E-state index in [-0.39, 0.29) is 10.6 Å². The summed E-state index contributed by atoms with van der Waals surface area (Å²) in [5.74, 6) is -1.47. The Morgan fingerprint density at radius 1 is 1.08 bits per heavy atom. The lowest BCUT2D eigenvalue weighted by Gasteiger charge is -2.12. The third-order valence-electron chi connectivity index (χ3n) is 3.95. The second-order valence-electron chi connectivity index (χ2n) is 5.32. The zero-order chi connectivity index (χ0) is 19.2. The Morgan fingerprint density at radius 2 is 1.56 bits per heavy atom. The molecule has 0 N–H and O–H groups in total. The smallest absolute Gasteiger partial charge is 0.263 e. The molecule has 1 aromatic rings. The molecule has 1 unspecified atom stereocenters. The number of hydrogen-bond donors (Lipinski definition) is 0. The summed E-state index contributed by atoms with van der Waals surface area (Å²) in [4.78, 5) is 29.4. The van der Waals surface area contributed by atoms with E-state index in [4.69, 9.17) is 11.6 Å². The summed E-state index contributed by atoms with van der Waals surface area (Å²) in [7, 11) is -4.61. The standard InChI is InChI=1S/C12H10ClN3O8S/c1-7-11(10(14(17)18)8-2-4-9(13)5-3-8)25(23,24)6-12(7,15(19)20)16(21)22/h2-5,10H,6H2,1H3. The molecule has 0 aliphatic carbocycles. The molecular formula is C12H10ClN3O8S. The van der Waals surface area contributed by atoms with Gasteiger partial charge in [-0.25, -0.2) is 8.42 Å². The summed E-state index contributed by atoms with van der Waals surface area (Å²) in [6.45, 7) is 0.859. The molecule has 0 spiro atoms. The van der Waals surface area contributed by atoms with Crippen molar-refractivity contribution in [3.05, 3.63) is 75.7 Å². The number of halogens is 1. The minimum absolute atomic E-state index is 0.116. The Labute approximate surface area is 145 Å². The van der Waals surface area contributed by atoms with Crippen LogP contribution in [-0.4, -0.2) is 34.6 Å². The van der Waals surface area contributed by atoms with Gasteiger partial charge in [0.15, 0.2) is 9.84 Å². The van der Waals surface area contributed by atoms with Crippen LogP contribution in [-0.2, 0) is 9.84 Å². The van der Waals surface area contributed by atoms with Gasteiger partial charge in [0.2, 0.25) is 5.75 Å². The summed E-state index contributed by atoms with van der Waals surface area (Å²) in [5, 5.41) is 34.2. The highest BCUT2D eigenvalue weighted by molar-refractivity contribution is 7.95. The van der Waals surface area contributed by atoms with Gasteiger partial charge >= 0.3 is 5.66 Å². The summed E-state index contributed by atoms with van der Waals surface area (Å²) in [6.07, 6.45) is 0. The van der Waals surface area contributed by atoms with Crippen LogP contribution in [0, 0.1) is 30.3 Å². The molecule has 0 bridgehead atoms. The van der Waals surface area contributed by atoms with Crippen molar-refractivity contribution in [2.75, 3.05) is 5.75 Å². The highest BCUT2D eigenvalue weighted by Gasteiger charge is 2.70. The first-order valence-electron chi connectivity index (χ1n) is 6.57. The van der Waals surface area contributed by atoms with E-state index in [0.29, 0.717) is 0 Å². The van der Waals surface area contributed by atoms with Crippen molar-refractivity contribution in [2.45, 2.75) is 18.6 Å². The molecular weight excluding hydrogens is 382 g/mol. The Balaban J connectivity index is 2.81. The first-order chi connectivity index (χ1) is 11.4. The zero-order valence-electron chi connectivity index (χ0n) is 12.5. The molecule has 1 heterocycles. The fourth-order valence-electron chi connectivity index (χ4n) is 2.72. The number of sulfone groups is 1. The summed E-state index contributed by atoms with van der Waals surface area (Å²) in [6, 6.07) is 2.91. The number of nitro groups is 3. The van der Waals surface area contributed by atoms with Crippen molar-refractivity contribution < 1.29 is 23.2 Å². The molecule has 0 saturated heterocycles. The van der Waals surface area contributed by atoms with Gasteiger partial charge in [-0.1, -0.05) is 23.7 Å². The Morgan fingerprint density at radius 3 is 1.92 bits per heavy atom. The minimum atomic E-state index is -4.61. The maximum atomic E-state index is 12.4. The lowest BCUT2D eigenvalue weighted by molar-refractivity contribution is -0.777. The maximum absolute atomic E-state index is 12.4. The van der Waals surface area contributed by atoms with E-state index in [1.54, 1.807) is 0 Å². The number of hydrogen-bond acceptors (Lipinski definition) is 8. The molecule has 0 aromatic heterocycles. The van der Waals surface area contributed by atoms with E-state index >= 15 is 0 Å². The van der Waals surface area contributed by atoms with Crippen LogP contribution >= 0.6 is 11.6 Å². The first-order valence-corrected chi connectivity index (χ1v) is 8.60. The Bertz CT molecular complexity index is 895. The van der Waals surface area contributed by atoms with Crippen LogP contribution in [0.25, 0.3) is 0 Å². The molecule has 1 aliphatic rings. The van der Waals surface area contributed by atoms with Gasteiger partial charge in [0.1, 0.15) is 20.3 Å². The highest BCUT2D eigenvalue weighted by atomic mass is 35.5. The number of nitrogens with zero attached hydrogens (tertiary/aromatic N) is 3. The topological polar surface area (TPSA) is 164 Å². The lowest BCUT2D eigenvalue weighted by atomic mass is 9.98. The van der Waals surface area contributed by atoms with Crippen LogP contribution in [0.15, 0.2) is 34.7 Å². The third kappa shape index (κ3) is 2.82. The Kier molecular flexibility index (Phi) is 4.53. The van der Waals surface area contributed by atoms with Crippen molar-refractivity contribution in [3.63, 3.8) is 0 Å². The molecule has 25 heavy (non-hydrogen) atoms. The van der Waals surface area contributed by atoms with Gasteiger partial charge in [-0.05, 0) is 19.1 Å². The van der Waals surface area contributed by atoms with E-state index in [9.17, 15) is 38.8 Å². The van der Waals surface area contributed by atoms with E-state index in [2.05, 4.69) is 0 Å². The van der Waals surface area contributed by atoms with E-state index in [1.165, 1.54) is 24.3 Å². The van der Waals surface area contributed by atoms with Gasteiger partial charge in [0, 0.05) is 15.5 Å². The molecule has 0 amide bonds. The lowest BCUT2D eigenvalue weighted by Crippen LogP contribution is -2.49. The molecule has 11 nitrogen and oxygen atoms in total. The van der Waals surface area contributed by atoms with Crippen LogP contribution in [0.2, 0.25) is 5.02 Å². The van der Waals surface area contributed by atoms with Gasteiger partial charge in [-0.3, -0.25) is 30.3 Å². The number of benzene rings is 1. The molecule has 1 aliphatic heterocycles. The highest BCUT2D eigenvalue weighted by Crippen LogP contribution is 2.43. The van der Waals surface area contributed by atoms with E-state index in [1.807, 2.05) is 0 Å². The van der Waals surface area contributed by atoms with Crippen LogP contribution in [0.5, 0.6) is 0 Å². The van der Waals surface area contributed by atoms with E-state index in [0.717, 1.165) is 6.92 Å². The molecule has 0 fully saturated rings. The van der Waals surface area contributed by atoms with Crippen LogP contribution in [0.3, 0.4) is 0 Å². The number of rotatable bonds is 5. The molecule has 134 valence electrons. The van der Waals surface area contributed by atoms with Gasteiger partial charge in [0.05, 0.1) is 0 Å². The Hall–Kier alpha value is -2.60.